The van der Waals surface area contributed by atoms with Gasteiger partial charge in [-0.25, -0.2) is 4.79 Å². The molecule has 2 heterocycles. The fraction of sp³-hybridized carbons (Fsp3) is 0.435. The van der Waals surface area contributed by atoms with E-state index in [1.807, 2.05) is 24.3 Å². The molecule has 1 aliphatic rings. The lowest BCUT2D eigenvalue weighted by atomic mass is 10.0. The van der Waals surface area contributed by atoms with Crippen molar-refractivity contribution < 1.29 is 29.1 Å². The first kappa shape index (κ1) is 25.7. The number of carbonyl (C=O) groups is 5. The predicted octanol–water partition coefficient (Wildman–Crippen LogP) is -1.02. The van der Waals surface area contributed by atoms with E-state index in [-0.39, 0.29) is 19.4 Å². The van der Waals surface area contributed by atoms with Gasteiger partial charge in [-0.05, 0) is 31.4 Å². The average molecular weight is 487 g/mol. The van der Waals surface area contributed by atoms with Crippen molar-refractivity contribution in [3.63, 3.8) is 0 Å². The first-order valence-electron chi connectivity index (χ1n) is 11.3. The number of nitrogens with two attached hydrogens (primary N) is 2. The molecule has 2 aromatic rings. The Labute approximate surface area is 201 Å². The van der Waals surface area contributed by atoms with Crippen LogP contribution in [0.4, 0.5) is 0 Å². The SMILES string of the molecule is CC(N)C(=O)NC(Cc1c[nH]c2ccccc12)C(=O)NC(CC(N)=O)C(=O)N1CCCC1C(=O)O. The zero-order valence-electron chi connectivity index (χ0n) is 19.3. The van der Waals surface area contributed by atoms with Crippen LogP contribution in [-0.2, 0) is 30.4 Å². The number of aromatic amines is 1. The molecule has 1 aromatic heterocycles. The first-order valence-corrected chi connectivity index (χ1v) is 11.3. The van der Waals surface area contributed by atoms with Gasteiger partial charge in [-0.2, -0.15) is 0 Å². The van der Waals surface area contributed by atoms with Crippen LogP contribution in [0.15, 0.2) is 30.5 Å². The molecule has 0 saturated carbocycles. The second-order valence-corrected chi connectivity index (χ2v) is 8.67. The van der Waals surface area contributed by atoms with Crippen molar-refractivity contribution >= 4 is 40.5 Å². The number of fused-ring (bicyclic) bond motifs is 1. The monoisotopic (exact) mass is 486 g/mol. The highest BCUT2D eigenvalue weighted by Crippen LogP contribution is 2.21. The number of rotatable bonds is 10. The molecule has 188 valence electrons. The minimum absolute atomic E-state index is 0.0766. The predicted molar refractivity (Wildman–Crippen MR) is 126 cm³/mol. The highest BCUT2D eigenvalue weighted by atomic mass is 16.4. The summed E-state index contributed by atoms with van der Waals surface area (Å²) < 4.78 is 0. The number of aromatic nitrogens is 1. The Bertz CT molecular complexity index is 1130. The Morgan fingerprint density at radius 2 is 1.83 bits per heavy atom. The van der Waals surface area contributed by atoms with Crippen LogP contribution in [0, 0.1) is 0 Å². The van der Waals surface area contributed by atoms with E-state index >= 15 is 0 Å². The Balaban J connectivity index is 1.84. The standard InChI is InChI=1S/C23H30N6O6/c1-12(24)20(31)27-16(9-13-11-26-15-6-3-2-5-14(13)15)21(32)28-17(10-19(25)30)22(33)29-8-4-7-18(29)23(34)35/h2-3,5-6,11-12,16-18,26H,4,7-10,24H2,1H3,(H2,25,30)(H,27,31)(H,28,32)(H,34,35). The molecule has 1 aliphatic heterocycles. The van der Waals surface area contributed by atoms with Gasteiger partial charge in [0.15, 0.2) is 0 Å². The molecule has 1 fully saturated rings. The second-order valence-electron chi connectivity index (χ2n) is 8.67. The molecular formula is C23H30N6O6. The molecule has 0 aliphatic carbocycles. The third-order valence-electron chi connectivity index (χ3n) is 5.99. The van der Waals surface area contributed by atoms with E-state index < -0.39 is 60.2 Å². The Kier molecular flexibility index (Phi) is 8.07. The van der Waals surface area contributed by atoms with Crippen molar-refractivity contribution in [3.8, 4) is 0 Å². The summed E-state index contributed by atoms with van der Waals surface area (Å²) in [7, 11) is 0. The van der Waals surface area contributed by atoms with Crippen molar-refractivity contribution in [2.24, 2.45) is 11.5 Å². The van der Waals surface area contributed by atoms with Gasteiger partial charge in [0.25, 0.3) is 0 Å². The van der Waals surface area contributed by atoms with E-state index in [2.05, 4.69) is 15.6 Å². The number of amides is 4. The van der Waals surface area contributed by atoms with Gasteiger partial charge >= 0.3 is 5.97 Å². The maximum atomic E-state index is 13.3. The summed E-state index contributed by atoms with van der Waals surface area (Å²) in [5, 5.41) is 15.4. The number of likely N-dealkylation sites (tertiary alicyclic amines) is 1. The minimum atomic E-state index is -1.38. The smallest absolute Gasteiger partial charge is 0.326 e. The van der Waals surface area contributed by atoms with E-state index in [0.717, 1.165) is 21.4 Å². The van der Waals surface area contributed by atoms with E-state index in [9.17, 15) is 29.1 Å². The molecule has 12 heteroatoms. The number of H-pyrrole nitrogens is 1. The summed E-state index contributed by atoms with van der Waals surface area (Å²) in [6, 6.07) is 2.99. The maximum absolute atomic E-state index is 13.3. The molecule has 4 amide bonds. The minimum Gasteiger partial charge on any atom is -0.480 e. The maximum Gasteiger partial charge on any atom is 0.326 e. The summed E-state index contributed by atoms with van der Waals surface area (Å²) in [6.45, 7) is 1.65. The van der Waals surface area contributed by atoms with Gasteiger partial charge < -0.3 is 37.1 Å². The largest absolute Gasteiger partial charge is 0.480 e. The first-order chi connectivity index (χ1) is 16.6. The summed E-state index contributed by atoms with van der Waals surface area (Å²) in [5.41, 5.74) is 12.6. The molecule has 4 atom stereocenters. The molecule has 12 nitrogen and oxygen atoms in total. The summed E-state index contributed by atoms with van der Waals surface area (Å²) in [4.78, 5) is 66.1. The highest BCUT2D eigenvalue weighted by molar-refractivity contribution is 5.96. The fourth-order valence-corrected chi connectivity index (χ4v) is 4.19. The highest BCUT2D eigenvalue weighted by Gasteiger charge is 2.39. The lowest BCUT2D eigenvalue weighted by molar-refractivity contribution is -0.149. The lowest BCUT2D eigenvalue weighted by Crippen LogP contribution is -2.58. The third-order valence-corrected chi connectivity index (χ3v) is 5.99. The number of para-hydroxylation sites is 1. The fourth-order valence-electron chi connectivity index (χ4n) is 4.19. The molecule has 0 bridgehead atoms. The van der Waals surface area contributed by atoms with Crippen LogP contribution in [0.1, 0.15) is 31.7 Å². The summed E-state index contributed by atoms with van der Waals surface area (Å²) in [5.74, 6) is -4.03. The van der Waals surface area contributed by atoms with E-state index in [1.165, 1.54) is 6.92 Å². The van der Waals surface area contributed by atoms with Crippen molar-refractivity contribution in [1.29, 1.82) is 0 Å². The van der Waals surface area contributed by atoms with Crippen LogP contribution < -0.4 is 22.1 Å². The van der Waals surface area contributed by atoms with Crippen LogP contribution in [-0.4, -0.2) is 75.3 Å². The number of carboxylic acid groups (broad SMARTS) is 1. The number of hydrogen-bond acceptors (Lipinski definition) is 6. The molecule has 3 rings (SSSR count). The zero-order valence-corrected chi connectivity index (χ0v) is 19.3. The number of hydrogen-bond donors (Lipinski definition) is 6. The quantitative estimate of drug-likeness (QED) is 0.247. The topological polar surface area (TPSA) is 201 Å². The molecule has 1 saturated heterocycles. The summed E-state index contributed by atoms with van der Waals surface area (Å²) in [6.07, 6.45) is 2.03. The van der Waals surface area contributed by atoms with Gasteiger partial charge in [-0.3, -0.25) is 19.2 Å². The number of primary amides is 1. The van der Waals surface area contributed by atoms with Crippen molar-refractivity contribution in [2.75, 3.05) is 6.54 Å². The molecule has 35 heavy (non-hydrogen) atoms. The Hall–Kier alpha value is -3.93. The Morgan fingerprint density at radius 1 is 1.14 bits per heavy atom. The van der Waals surface area contributed by atoms with Gasteiger partial charge in [-0.1, -0.05) is 18.2 Å². The van der Waals surface area contributed by atoms with Gasteiger partial charge in [0.1, 0.15) is 18.1 Å². The van der Waals surface area contributed by atoms with Gasteiger partial charge in [0.2, 0.25) is 23.6 Å². The van der Waals surface area contributed by atoms with Crippen molar-refractivity contribution in [2.45, 2.75) is 56.8 Å². The van der Waals surface area contributed by atoms with Gasteiger partial charge in [-0.15, -0.1) is 0 Å². The lowest BCUT2D eigenvalue weighted by Gasteiger charge is -2.28. The third kappa shape index (κ3) is 6.15. The van der Waals surface area contributed by atoms with Crippen LogP contribution in [0.25, 0.3) is 10.9 Å². The average Bonchev–Trinajstić information content (AvgIpc) is 3.45. The molecule has 1 aromatic carbocycles. The van der Waals surface area contributed by atoms with Crippen LogP contribution >= 0.6 is 0 Å². The zero-order chi connectivity index (χ0) is 25.7. The molecule has 0 spiro atoms. The molecule has 4 unspecified atom stereocenters. The second kappa shape index (κ2) is 11.0. The Morgan fingerprint density at radius 3 is 2.49 bits per heavy atom. The number of aliphatic carboxylic acids is 1. The number of nitrogens with one attached hydrogen (secondary N) is 3. The molecule has 0 radical (unpaired) electrons. The van der Waals surface area contributed by atoms with Crippen LogP contribution in [0.3, 0.4) is 0 Å². The van der Waals surface area contributed by atoms with Crippen molar-refractivity contribution in [3.05, 3.63) is 36.0 Å². The van der Waals surface area contributed by atoms with Gasteiger partial charge in [0.05, 0.1) is 12.5 Å². The normalized spacial score (nSPS) is 18.0. The molecular weight excluding hydrogens is 456 g/mol. The summed E-state index contributed by atoms with van der Waals surface area (Å²) >= 11 is 0. The molecule has 8 N–H and O–H groups in total. The number of benzene rings is 1. The van der Waals surface area contributed by atoms with E-state index in [1.54, 1.807) is 6.20 Å². The number of carboxylic acids is 1. The van der Waals surface area contributed by atoms with Gasteiger partial charge in [0, 0.05) is 30.1 Å². The van der Waals surface area contributed by atoms with E-state index in [0.29, 0.717) is 6.42 Å². The van der Waals surface area contributed by atoms with Crippen molar-refractivity contribution in [1.82, 2.24) is 20.5 Å². The van der Waals surface area contributed by atoms with Crippen LogP contribution in [0.5, 0.6) is 0 Å². The number of carbonyl (C=O) groups excluding carboxylic acids is 4. The number of nitrogens with zero attached hydrogens (tertiary/aromatic N) is 1. The van der Waals surface area contributed by atoms with E-state index in [4.69, 9.17) is 11.5 Å². The van der Waals surface area contributed by atoms with Crippen LogP contribution in [0.2, 0.25) is 0 Å².